The Labute approximate surface area is 87.6 Å². The number of nitrogens with zero attached hydrogens (tertiary/aromatic N) is 1. The molecule has 2 heterocycles. The summed E-state index contributed by atoms with van der Waals surface area (Å²) < 4.78 is 18.2. The first kappa shape index (κ1) is 10.2. The van der Waals surface area contributed by atoms with Gasteiger partial charge < -0.3 is 15.8 Å². The van der Waals surface area contributed by atoms with Gasteiger partial charge in [0.1, 0.15) is 12.4 Å². The molecular formula is C10H14FN3O. The van der Waals surface area contributed by atoms with Gasteiger partial charge in [-0.25, -0.2) is 4.98 Å². The molecule has 3 N–H and O–H groups in total. The summed E-state index contributed by atoms with van der Waals surface area (Å²) in [6.07, 6.45) is 3.64. The second-order valence-electron chi connectivity index (χ2n) is 3.66. The Kier molecular flexibility index (Phi) is 3.01. The van der Waals surface area contributed by atoms with Crippen LogP contribution in [-0.4, -0.2) is 24.2 Å². The van der Waals surface area contributed by atoms with E-state index in [1.165, 1.54) is 18.7 Å². The molecule has 0 aromatic carbocycles. The molecule has 1 aliphatic heterocycles. The zero-order valence-electron chi connectivity index (χ0n) is 8.37. The third-order valence-corrected chi connectivity index (χ3v) is 2.45. The van der Waals surface area contributed by atoms with Gasteiger partial charge in [0.15, 0.2) is 0 Å². The van der Waals surface area contributed by atoms with Crippen molar-refractivity contribution >= 4 is 5.69 Å². The maximum Gasteiger partial charge on any atom is 0.236 e. The Balaban J connectivity index is 1.90. The van der Waals surface area contributed by atoms with Gasteiger partial charge in [0.25, 0.3) is 0 Å². The maximum atomic E-state index is 12.7. The zero-order chi connectivity index (χ0) is 10.7. The first-order valence-corrected chi connectivity index (χ1v) is 5.03. The van der Waals surface area contributed by atoms with Crippen molar-refractivity contribution < 1.29 is 9.13 Å². The predicted octanol–water partition coefficient (Wildman–Crippen LogP) is 0.934. The van der Waals surface area contributed by atoms with Crippen molar-refractivity contribution in [2.45, 2.75) is 18.9 Å². The van der Waals surface area contributed by atoms with Gasteiger partial charge in [0.2, 0.25) is 5.95 Å². The van der Waals surface area contributed by atoms with E-state index in [1.807, 2.05) is 0 Å². The number of nitrogens with one attached hydrogen (secondary N) is 1. The Bertz CT molecular complexity index is 339. The van der Waals surface area contributed by atoms with Crippen LogP contribution in [0.3, 0.4) is 0 Å². The lowest BCUT2D eigenvalue weighted by Crippen LogP contribution is -2.28. The molecule has 5 heteroatoms. The van der Waals surface area contributed by atoms with E-state index < -0.39 is 5.95 Å². The number of pyridine rings is 1. The van der Waals surface area contributed by atoms with E-state index in [9.17, 15) is 4.39 Å². The summed E-state index contributed by atoms with van der Waals surface area (Å²) in [4.78, 5) is 3.49. The van der Waals surface area contributed by atoms with Crippen LogP contribution >= 0.6 is 0 Å². The molecule has 0 radical (unpaired) electrons. The Morgan fingerprint density at radius 3 is 3.20 bits per heavy atom. The van der Waals surface area contributed by atoms with Crippen LogP contribution in [0.5, 0.6) is 5.75 Å². The van der Waals surface area contributed by atoms with Crippen LogP contribution in [-0.2, 0) is 0 Å². The third kappa shape index (κ3) is 2.56. The normalized spacial score (nSPS) is 20.5. The van der Waals surface area contributed by atoms with Crippen LogP contribution < -0.4 is 15.8 Å². The van der Waals surface area contributed by atoms with E-state index in [0.29, 0.717) is 18.4 Å². The fraction of sp³-hybridized carbons (Fsp3) is 0.500. The summed E-state index contributed by atoms with van der Waals surface area (Å²) in [6.45, 7) is 1.62. The van der Waals surface area contributed by atoms with Crippen molar-refractivity contribution in [2.24, 2.45) is 0 Å². The monoisotopic (exact) mass is 211 g/mol. The lowest BCUT2D eigenvalue weighted by molar-refractivity contribution is 0.276. The summed E-state index contributed by atoms with van der Waals surface area (Å²) >= 11 is 0. The van der Waals surface area contributed by atoms with Gasteiger partial charge in [-0.05, 0) is 19.4 Å². The van der Waals surface area contributed by atoms with Crippen molar-refractivity contribution in [1.82, 2.24) is 10.3 Å². The lowest BCUT2D eigenvalue weighted by Gasteiger charge is -2.11. The summed E-state index contributed by atoms with van der Waals surface area (Å²) in [7, 11) is 0. The van der Waals surface area contributed by atoms with Gasteiger partial charge >= 0.3 is 0 Å². The zero-order valence-corrected chi connectivity index (χ0v) is 8.37. The molecule has 0 bridgehead atoms. The summed E-state index contributed by atoms with van der Waals surface area (Å²) in [5.41, 5.74) is 5.39. The van der Waals surface area contributed by atoms with Crippen molar-refractivity contribution in [1.29, 1.82) is 0 Å². The molecule has 1 atom stereocenters. The van der Waals surface area contributed by atoms with Crippen molar-refractivity contribution in [3.8, 4) is 5.75 Å². The number of ether oxygens (including phenoxy) is 1. The summed E-state index contributed by atoms with van der Waals surface area (Å²) in [5.74, 6) is -0.135. The van der Waals surface area contributed by atoms with Crippen LogP contribution in [0, 0.1) is 5.95 Å². The van der Waals surface area contributed by atoms with Gasteiger partial charge in [-0.15, -0.1) is 0 Å². The van der Waals surface area contributed by atoms with E-state index in [1.54, 1.807) is 0 Å². The standard InChI is InChI=1S/C10H14FN3O/c11-10-9(12)4-8(5-14-10)15-6-7-2-1-3-13-7/h4-5,7,13H,1-3,6,12H2. The number of nitrogen functional groups attached to an aromatic ring is 1. The van der Waals surface area contributed by atoms with Crippen LogP contribution in [0.15, 0.2) is 12.3 Å². The lowest BCUT2D eigenvalue weighted by atomic mass is 10.2. The molecule has 0 saturated carbocycles. The topological polar surface area (TPSA) is 60.2 Å². The molecule has 4 nitrogen and oxygen atoms in total. The molecule has 0 aliphatic carbocycles. The van der Waals surface area contributed by atoms with Crippen LogP contribution in [0.4, 0.5) is 10.1 Å². The highest BCUT2D eigenvalue weighted by molar-refractivity contribution is 5.41. The number of nitrogens with two attached hydrogens (primary N) is 1. The van der Waals surface area contributed by atoms with Gasteiger partial charge in [-0.3, -0.25) is 0 Å². The average molecular weight is 211 g/mol. The first-order valence-electron chi connectivity index (χ1n) is 5.03. The molecule has 1 saturated heterocycles. The fourth-order valence-corrected chi connectivity index (χ4v) is 1.62. The maximum absolute atomic E-state index is 12.7. The van der Waals surface area contributed by atoms with Gasteiger partial charge in [-0.1, -0.05) is 0 Å². The highest BCUT2D eigenvalue weighted by Crippen LogP contribution is 2.16. The van der Waals surface area contributed by atoms with Crippen LogP contribution in [0.25, 0.3) is 0 Å². The molecular weight excluding hydrogens is 197 g/mol. The predicted molar refractivity (Wildman–Crippen MR) is 55.1 cm³/mol. The molecule has 1 aliphatic rings. The Morgan fingerprint density at radius 2 is 2.53 bits per heavy atom. The SMILES string of the molecule is Nc1cc(OCC2CCCN2)cnc1F. The quantitative estimate of drug-likeness (QED) is 0.730. The highest BCUT2D eigenvalue weighted by atomic mass is 19.1. The van der Waals surface area contributed by atoms with E-state index >= 15 is 0 Å². The molecule has 1 unspecified atom stereocenters. The average Bonchev–Trinajstić information content (AvgIpc) is 2.73. The van der Waals surface area contributed by atoms with E-state index in [-0.39, 0.29) is 5.69 Å². The molecule has 15 heavy (non-hydrogen) atoms. The van der Waals surface area contributed by atoms with Crippen LogP contribution in [0.1, 0.15) is 12.8 Å². The molecule has 2 rings (SSSR count). The van der Waals surface area contributed by atoms with E-state index in [0.717, 1.165) is 13.0 Å². The first-order chi connectivity index (χ1) is 7.25. The van der Waals surface area contributed by atoms with E-state index in [2.05, 4.69) is 10.3 Å². The minimum atomic E-state index is -0.652. The Morgan fingerprint density at radius 1 is 1.67 bits per heavy atom. The third-order valence-electron chi connectivity index (χ3n) is 2.45. The highest BCUT2D eigenvalue weighted by Gasteiger charge is 2.14. The molecule has 1 aromatic rings. The molecule has 1 fully saturated rings. The second kappa shape index (κ2) is 4.44. The Hall–Kier alpha value is -1.36. The second-order valence-corrected chi connectivity index (χ2v) is 3.66. The minimum Gasteiger partial charge on any atom is -0.490 e. The van der Waals surface area contributed by atoms with Gasteiger partial charge in [0, 0.05) is 12.1 Å². The van der Waals surface area contributed by atoms with Crippen molar-refractivity contribution in [3.63, 3.8) is 0 Å². The molecule has 1 aromatic heterocycles. The van der Waals surface area contributed by atoms with Crippen LogP contribution in [0.2, 0.25) is 0 Å². The molecule has 82 valence electrons. The molecule has 0 spiro atoms. The summed E-state index contributed by atoms with van der Waals surface area (Å²) in [5, 5.41) is 3.30. The largest absolute Gasteiger partial charge is 0.490 e. The van der Waals surface area contributed by atoms with Gasteiger partial charge in [-0.2, -0.15) is 4.39 Å². The number of anilines is 1. The van der Waals surface area contributed by atoms with Crippen molar-refractivity contribution in [2.75, 3.05) is 18.9 Å². The fourth-order valence-electron chi connectivity index (χ4n) is 1.62. The van der Waals surface area contributed by atoms with E-state index in [4.69, 9.17) is 10.5 Å². The van der Waals surface area contributed by atoms with Crippen molar-refractivity contribution in [3.05, 3.63) is 18.2 Å². The molecule has 0 amide bonds. The number of aromatic nitrogens is 1. The number of hydrogen-bond acceptors (Lipinski definition) is 4. The summed E-state index contributed by atoms with van der Waals surface area (Å²) in [6, 6.07) is 1.84. The van der Waals surface area contributed by atoms with Gasteiger partial charge in [0.05, 0.1) is 11.9 Å². The minimum absolute atomic E-state index is 0.0203. The number of hydrogen-bond donors (Lipinski definition) is 2. The number of rotatable bonds is 3. The smallest absolute Gasteiger partial charge is 0.236 e. The number of halogens is 1.